The molecule has 0 atom stereocenters. The van der Waals surface area contributed by atoms with E-state index in [1.807, 2.05) is 0 Å². The van der Waals surface area contributed by atoms with E-state index in [0.29, 0.717) is 0 Å². The molecule has 0 N–H and O–H groups in total. The first kappa shape index (κ1) is 10.6. The third-order valence-corrected chi connectivity index (χ3v) is 5.24. The lowest BCUT2D eigenvalue weighted by molar-refractivity contribution is 1.33. The van der Waals surface area contributed by atoms with Crippen LogP contribution in [0.25, 0.3) is 6.08 Å². The summed E-state index contributed by atoms with van der Waals surface area (Å²) in [5.41, 5.74) is 1.34. The van der Waals surface area contributed by atoms with Gasteiger partial charge in [-0.2, -0.15) is 0 Å². The summed E-state index contributed by atoms with van der Waals surface area (Å²) in [6, 6.07) is 10.6. The molecule has 0 aliphatic heterocycles. The van der Waals surface area contributed by atoms with Crippen molar-refractivity contribution in [3.8, 4) is 0 Å². The van der Waals surface area contributed by atoms with E-state index in [0.717, 1.165) is 0 Å². The van der Waals surface area contributed by atoms with E-state index in [1.165, 1.54) is 16.1 Å². The van der Waals surface area contributed by atoms with Gasteiger partial charge in [-0.1, -0.05) is 60.8 Å². The van der Waals surface area contributed by atoms with Gasteiger partial charge in [0.25, 0.3) is 14.1 Å². The van der Waals surface area contributed by atoms with Crippen LogP contribution in [0, 0.1) is 0 Å². The lowest BCUT2D eigenvalue weighted by Gasteiger charge is -1.97. The first-order valence-corrected chi connectivity index (χ1v) is 7.40. The van der Waals surface area contributed by atoms with Gasteiger partial charge in [-0.15, -0.1) is 4.94 Å². The summed E-state index contributed by atoms with van der Waals surface area (Å²) in [6.07, 6.45) is 2.28. The van der Waals surface area contributed by atoms with Crippen molar-refractivity contribution in [2.45, 2.75) is 24.4 Å². The molecular formula is C12H17Al. The molecule has 13 heavy (non-hydrogen) atoms. The average Bonchev–Trinajstić information content (AvgIpc) is 2.21. The van der Waals surface area contributed by atoms with Gasteiger partial charge in [-0.05, 0) is 5.56 Å². The smallest absolute Gasteiger partial charge is 0.144 e. The van der Waals surface area contributed by atoms with Crippen molar-refractivity contribution >= 4 is 20.2 Å². The van der Waals surface area contributed by atoms with Crippen molar-refractivity contribution in [2.75, 3.05) is 0 Å². The van der Waals surface area contributed by atoms with Crippen LogP contribution in [-0.4, -0.2) is 14.1 Å². The van der Waals surface area contributed by atoms with E-state index in [4.69, 9.17) is 0 Å². The molecule has 0 saturated heterocycles. The third-order valence-electron chi connectivity index (χ3n) is 2.41. The van der Waals surface area contributed by atoms with Crippen LogP contribution in [0.4, 0.5) is 0 Å². The van der Waals surface area contributed by atoms with Gasteiger partial charge in [0, 0.05) is 0 Å². The van der Waals surface area contributed by atoms with Crippen LogP contribution in [0.5, 0.6) is 0 Å². The quantitative estimate of drug-likeness (QED) is 0.631. The third kappa shape index (κ3) is 3.81. The standard InChI is InChI=1S/C8H7.2C2H5.Al/c1-2-8-6-4-3-5-7-8;2*1-2;/h1-7H;2*1H2,2H3;. The molecule has 0 heterocycles. The monoisotopic (exact) mass is 188 g/mol. The second kappa shape index (κ2) is 6.02. The van der Waals surface area contributed by atoms with Crippen LogP contribution >= 0.6 is 0 Å². The summed E-state index contributed by atoms with van der Waals surface area (Å²) in [5.74, 6) is 0. The Morgan fingerprint density at radius 2 is 1.69 bits per heavy atom. The van der Waals surface area contributed by atoms with Gasteiger partial charge in [0.15, 0.2) is 0 Å². The van der Waals surface area contributed by atoms with E-state index in [2.05, 4.69) is 55.2 Å². The Labute approximate surface area is 85.7 Å². The molecule has 68 valence electrons. The van der Waals surface area contributed by atoms with E-state index in [9.17, 15) is 0 Å². The first-order chi connectivity index (χ1) is 6.36. The molecule has 1 rings (SSSR count). The molecule has 0 aliphatic rings. The lowest BCUT2D eigenvalue weighted by Crippen LogP contribution is -2.03. The molecule has 1 aromatic carbocycles. The molecule has 0 nitrogen and oxygen atoms in total. The molecule has 0 fully saturated rings. The summed E-state index contributed by atoms with van der Waals surface area (Å²) in [4.78, 5) is 2.45. The van der Waals surface area contributed by atoms with Crippen molar-refractivity contribution in [3.63, 3.8) is 0 Å². The predicted molar refractivity (Wildman–Crippen MR) is 62.2 cm³/mol. The van der Waals surface area contributed by atoms with Crippen LogP contribution in [0.1, 0.15) is 19.4 Å². The van der Waals surface area contributed by atoms with Crippen molar-refractivity contribution in [1.29, 1.82) is 0 Å². The minimum Gasteiger partial charge on any atom is -0.144 e. The Morgan fingerprint density at radius 3 is 2.23 bits per heavy atom. The summed E-state index contributed by atoms with van der Waals surface area (Å²) in [5, 5.41) is 2.75. The van der Waals surface area contributed by atoms with Crippen LogP contribution < -0.4 is 0 Å². The fraction of sp³-hybridized carbons (Fsp3) is 0.333. The van der Waals surface area contributed by atoms with Crippen LogP contribution in [-0.2, 0) is 0 Å². The van der Waals surface area contributed by atoms with Crippen LogP contribution in [0.15, 0.2) is 35.3 Å². The highest BCUT2D eigenvalue weighted by atomic mass is 27.2. The number of benzene rings is 1. The van der Waals surface area contributed by atoms with E-state index in [1.54, 1.807) is 0 Å². The zero-order valence-electron chi connectivity index (χ0n) is 8.53. The Kier molecular flexibility index (Phi) is 4.90. The van der Waals surface area contributed by atoms with E-state index < -0.39 is 14.1 Å². The fourth-order valence-electron chi connectivity index (χ4n) is 1.37. The van der Waals surface area contributed by atoms with Gasteiger partial charge in [0.2, 0.25) is 0 Å². The van der Waals surface area contributed by atoms with Crippen LogP contribution in [0.3, 0.4) is 0 Å². The summed E-state index contributed by atoms with van der Waals surface area (Å²) < 4.78 is 0. The van der Waals surface area contributed by atoms with Crippen molar-refractivity contribution in [3.05, 3.63) is 40.8 Å². The lowest BCUT2D eigenvalue weighted by atomic mass is 10.2. The maximum absolute atomic E-state index is 2.45. The largest absolute Gasteiger partial charge is 0.294 e. The zero-order chi connectivity index (χ0) is 9.52. The van der Waals surface area contributed by atoms with Crippen molar-refractivity contribution in [2.24, 2.45) is 0 Å². The van der Waals surface area contributed by atoms with Crippen molar-refractivity contribution in [1.82, 2.24) is 0 Å². The number of hydrogen-bond donors (Lipinski definition) is 0. The minimum absolute atomic E-state index is 0.542. The van der Waals surface area contributed by atoms with Crippen LogP contribution in [0.2, 0.25) is 10.6 Å². The predicted octanol–water partition coefficient (Wildman–Crippen LogP) is 3.77. The molecule has 0 saturated carbocycles. The van der Waals surface area contributed by atoms with Gasteiger partial charge < -0.3 is 0 Å². The molecule has 1 aromatic rings. The molecule has 0 bridgehead atoms. The normalized spacial score (nSPS) is 10.6. The minimum atomic E-state index is -0.542. The Bertz CT molecular complexity index is 247. The highest BCUT2D eigenvalue weighted by Crippen LogP contribution is 2.05. The molecule has 0 radical (unpaired) electrons. The van der Waals surface area contributed by atoms with Gasteiger partial charge in [0.05, 0.1) is 0 Å². The highest BCUT2D eigenvalue weighted by Gasteiger charge is 2.05. The van der Waals surface area contributed by atoms with Gasteiger partial charge in [-0.25, -0.2) is 0 Å². The Hall–Kier alpha value is -0.508. The molecule has 0 amide bonds. The molecule has 0 aliphatic carbocycles. The molecule has 0 spiro atoms. The van der Waals surface area contributed by atoms with Gasteiger partial charge in [-0.3, -0.25) is 0 Å². The average molecular weight is 188 g/mol. The maximum atomic E-state index is 2.45. The van der Waals surface area contributed by atoms with Gasteiger partial charge >= 0.3 is 0 Å². The Morgan fingerprint density at radius 1 is 1.08 bits per heavy atom. The Balaban J connectivity index is 2.57. The number of rotatable bonds is 4. The zero-order valence-corrected chi connectivity index (χ0v) is 9.69. The summed E-state index contributed by atoms with van der Waals surface area (Å²) in [7, 11) is 0. The topological polar surface area (TPSA) is 0 Å². The van der Waals surface area contributed by atoms with E-state index in [-0.39, 0.29) is 0 Å². The molecule has 0 aromatic heterocycles. The highest BCUT2D eigenvalue weighted by molar-refractivity contribution is 6.64. The second-order valence-corrected chi connectivity index (χ2v) is 6.88. The summed E-state index contributed by atoms with van der Waals surface area (Å²) in [6.45, 7) is 4.60. The molecule has 1 heteroatoms. The van der Waals surface area contributed by atoms with E-state index >= 15 is 0 Å². The SMILES string of the molecule is C[CH2][Al]([CH]=Cc1ccccc1)[CH2]C. The van der Waals surface area contributed by atoms with Crippen molar-refractivity contribution < 1.29 is 0 Å². The van der Waals surface area contributed by atoms with Gasteiger partial charge in [0.1, 0.15) is 0 Å². The summed E-state index contributed by atoms with van der Waals surface area (Å²) >= 11 is -0.542. The fourth-order valence-corrected chi connectivity index (χ4v) is 2.99. The molecular weight excluding hydrogens is 171 g/mol. The maximum Gasteiger partial charge on any atom is 0.294 e. The molecule has 0 unspecified atom stereocenters. The second-order valence-electron chi connectivity index (χ2n) is 3.35. The first-order valence-electron chi connectivity index (χ1n) is 5.10. The number of hydrogen-bond acceptors (Lipinski definition) is 0.